The van der Waals surface area contributed by atoms with E-state index in [2.05, 4.69) is 0 Å². The zero-order chi connectivity index (χ0) is 29.1. The lowest BCUT2D eigenvalue weighted by molar-refractivity contribution is -0.277. The number of aromatic hydroxyl groups is 6. The lowest BCUT2D eigenvalue weighted by atomic mass is 9.99. The van der Waals surface area contributed by atoms with Crippen LogP contribution >= 0.6 is 0 Å². The van der Waals surface area contributed by atoms with E-state index in [0.717, 1.165) is 12.1 Å². The minimum absolute atomic E-state index is 0.00614. The Morgan fingerprint density at radius 2 is 1.43 bits per heavy atom. The highest BCUT2D eigenvalue weighted by atomic mass is 16.7. The van der Waals surface area contributed by atoms with Crippen LogP contribution in [-0.4, -0.2) is 89.2 Å². The fraction of sp³-hybridized carbons (Fsp3) is 0.222. The Hall–Kier alpha value is -4.69. The van der Waals surface area contributed by atoms with E-state index in [9.17, 15) is 50.8 Å². The van der Waals surface area contributed by atoms with Gasteiger partial charge >= 0.3 is 5.97 Å². The summed E-state index contributed by atoms with van der Waals surface area (Å²) in [6.07, 6.45) is -5.02. The zero-order valence-electron chi connectivity index (χ0n) is 20.5. The van der Waals surface area contributed by atoms with Crippen molar-refractivity contribution < 1.29 is 65.0 Å². The molecule has 0 saturated carbocycles. The molecule has 4 rings (SSSR count). The van der Waals surface area contributed by atoms with E-state index < -0.39 is 60.5 Å². The Kier molecular flexibility index (Phi) is 8.21. The van der Waals surface area contributed by atoms with Crippen LogP contribution in [0.3, 0.4) is 0 Å². The molecule has 0 radical (unpaired) electrons. The van der Waals surface area contributed by atoms with Crippen molar-refractivity contribution in [3.05, 3.63) is 65.2 Å². The molecule has 0 amide bonds. The number of esters is 1. The van der Waals surface area contributed by atoms with Gasteiger partial charge in [0.2, 0.25) is 6.29 Å². The molecular formula is C27H26O13. The second-order valence-corrected chi connectivity index (χ2v) is 8.94. The molecule has 0 unspecified atom stereocenters. The normalized spacial score (nSPS) is 22.7. The molecule has 212 valence electrons. The third-order valence-electron chi connectivity index (χ3n) is 5.99. The topological polar surface area (TPSA) is 227 Å². The molecule has 13 heteroatoms. The molecule has 3 aromatic rings. The third kappa shape index (κ3) is 6.30. The predicted molar refractivity (Wildman–Crippen MR) is 136 cm³/mol. The molecule has 0 aromatic heterocycles. The Balaban J connectivity index is 1.45. The summed E-state index contributed by atoms with van der Waals surface area (Å²) in [4.78, 5) is 12.3. The first kappa shape index (κ1) is 28.3. The van der Waals surface area contributed by atoms with E-state index in [1.54, 1.807) is 18.2 Å². The minimum atomic E-state index is -1.77. The fourth-order valence-corrected chi connectivity index (χ4v) is 3.86. The van der Waals surface area contributed by atoms with Gasteiger partial charge in [-0.15, -0.1) is 0 Å². The number of hydrogen-bond donors (Lipinski definition) is 9. The highest BCUT2D eigenvalue weighted by Gasteiger charge is 2.45. The molecule has 1 aliphatic heterocycles. The summed E-state index contributed by atoms with van der Waals surface area (Å²) in [6.45, 7) is -0.639. The Morgan fingerprint density at radius 1 is 0.750 bits per heavy atom. The van der Waals surface area contributed by atoms with Crippen molar-refractivity contribution in [3.8, 4) is 40.2 Å². The smallest absolute Gasteiger partial charge is 0.338 e. The van der Waals surface area contributed by atoms with Gasteiger partial charge in [-0.25, -0.2) is 4.79 Å². The molecule has 9 N–H and O–H groups in total. The van der Waals surface area contributed by atoms with Crippen molar-refractivity contribution in [2.45, 2.75) is 30.7 Å². The highest BCUT2D eigenvalue weighted by molar-refractivity contribution is 5.91. The largest absolute Gasteiger partial charge is 0.508 e. The van der Waals surface area contributed by atoms with Crippen molar-refractivity contribution in [2.24, 2.45) is 0 Å². The van der Waals surface area contributed by atoms with Gasteiger partial charge < -0.3 is 60.2 Å². The maximum Gasteiger partial charge on any atom is 0.338 e. The van der Waals surface area contributed by atoms with Crippen LogP contribution in [0.15, 0.2) is 48.5 Å². The number of hydrogen-bond acceptors (Lipinski definition) is 13. The number of phenolic OH excluding ortho intramolecular Hbond substituents is 6. The first-order chi connectivity index (χ1) is 18.9. The lowest BCUT2D eigenvalue weighted by Gasteiger charge is -2.39. The van der Waals surface area contributed by atoms with Crippen LogP contribution < -0.4 is 4.74 Å². The van der Waals surface area contributed by atoms with Gasteiger partial charge in [-0.3, -0.25) is 0 Å². The van der Waals surface area contributed by atoms with Gasteiger partial charge in [-0.1, -0.05) is 18.2 Å². The number of benzene rings is 3. The molecule has 5 atom stereocenters. The van der Waals surface area contributed by atoms with Crippen LogP contribution in [0, 0.1) is 0 Å². The molecule has 40 heavy (non-hydrogen) atoms. The van der Waals surface area contributed by atoms with Crippen molar-refractivity contribution >= 4 is 18.1 Å². The molecule has 1 fully saturated rings. The number of rotatable bonds is 7. The monoisotopic (exact) mass is 558 g/mol. The number of carbonyl (C=O) groups is 1. The van der Waals surface area contributed by atoms with Crippen LogP contribution in [-0.2, 0) is 9.47 Å². The maximum absolute atomic E-state index is 12.3. The summed E-state index contributed by atoms with van der Waals surface area (Å²) in [5.41, 5.74) is 0.646. The number of carbonyl (C=O) groups excluding carboxylic acids is 1. The molecule has 0 aliphatic carbocycles. The molecule has 13 nitrogen and oxygen atoms in total. The quantitative estimate of drug-likeness (QED) is 0.113. The SMILES string of the molecule is O=C(OC[C@H]1O[C@@H](Oc2cc(O)cc(/C=C/c3ccc(O)c(O)c3)c2)[C@H](O)[C@@H](O)[C@@H]1O)c1cc(O)c(O)c(O)c1. The average Bonchev–Trinajstić information content (AvgIpc) is 2.91. The molecule has 3 aromatic carbocycles. The molecule has 1 heterocycles. The van der Waals surface area contributed by atoms with E-state index in [-0.39, 0.29) is 28.6 Å². The van der Waals surface area contributed by atoms with Crippen molar-refractivity contribution in [1.29, 1.82) is 0 Å². The van der Waals surface area contributed by atoms with E-state index in [4.69, 9.17) is 14.2 Å². The number of aliphatic hydroxyl groups is 3. The summed E-state index contributed by atoms with van der Waals surface area (Å²) in [6, 6.07) is 9.92. The van der Waals surface area contributed by atoms with Gasteiger partial charge in [-0.05, 0) is 47.5 Å². The third-order valence-corrected chi connectivity index (χ3v) is 5.99. The zero-order valence-corrected chi connectivity index (χ0v) is 20.5. The Morgan fingerprint density at radius 3 is 2.10 bits per heavy atom. The van der Waals surface area contributed by atoms with Gasteiger partial charge in [0, 0.05) is 6.07 Å². The van der Waals surface area contributed by atoms with Gasteiger partial charge in [0.25, 0.3) is 0 Å². The second kappa shape index (κ2) is 11.6. The summed E-state index contributed by atoms with van der Waals surface area (Å²) >= 11 is 0. The average molecular weight is 558 g/mol. The molecule has 1 saturated heterocycles. The summed E-state index contributed by atoms with van der Waals surface area (Å²) < 4.78 is 16.2. The fourth-order valence-electron chi connectivity index (χ4n) is 3.86. The van der Waals surface area contributed by atoms with Gasteiger partial charge in [0.1, 0.15) is 42.5 Å². The number of ether oxygens (including phenoxy) is 3. The molecule has 1 aliphatic rings. The van der Waals surface area contributed by atoms with Gasteiger partial charge in [0.15, 0.2) is 28.7 Å². The van der Waals surface area contributed by atoms with Crippen molar-refractivity contribution in [3.63, 3.8) is 0 Å². The number of aliphatic hydroxyl groups excluding tert-OH is 3. The highest BCUT2D eigenvalue weighted by Crippen LogP contribution is 2.36. The van der Waals surface area contributed by atoms with E-state index in [1.807, 2.05) is 0 Å². The van der Waals surface area contributed by atoms with Crippen molar-refractivity contribution in [1.82, 2.24) is 0 Å². The maximum atomic E-state index is 12.3. The van der Waals surface area contributed by atoms with E-state index in [1.165, 1.54) is 30.3 Å². The molecule has 0 bridgehead atoms. The standard InChI is InChI=1S/C27H26O13/c28-15-5-13(2-1-12-3-4-17(29)18(30)7-12)6-16(10-15)39-27-25(36)24(35)23(34)21(40-27)11-38-26(37)14-8-19(31)22(33)20(32)9-14/h1-10,21,23-25,27-36H,11H2/b2-1+/t21-,23-,24+,25-,27-/m1/s1. The van der Waals surface area contributed by atoms with E-state index in [0.29, 0.717) is 11.1 Å². The van der Waals surface area contributed by atoms with Crippen LogP contribution in [0.1, 0.15) is 21.5 Å². The predicted octanol–water partition coefficient (Wildman–Crippen LogP) is 1.13. The van der Waals surface area contributed by atoms with Crippen LogP contribution in [0.4, 0.5) is 0 Å². The van der Waals surface area contributed by atoms with Crippen LogP contribution in [0.5, 0.6) is 40.2 Å². The Bertz CT molecular complexity index is 1400. The Labute approximate surface area is 226 Å². The van der Waals surface area contributed by atoms with Gasteiger partial charge in [-0.2, -0.15) is 0 Å². The lowest BCUT2D eigenvalue weighted by Crippen LogP contribution is -2.60. The first-order valence-electron chi connectivity index (χ1n) is 11.8. The molecule has 0 spiro atoms. The summed E-state index contributed by atoms with van der Waals surface area (Å²) in [5.74, 6) is -4.24. The van der Waals surface area contributed by atoms with Crippen LogP contribution in [0.25, 0.3) is 12.2 Å². The van der Waals surface area contributed by atoms with Crippen LogP contribution in [0.2, 0.25) is 0 Å². The number of phenols is 6. The second-order valence-electron chi connectivity index (χ2n) is 8.94. The van der Waals surface area contributed by atoms with Gasteiger partial charge in [0.05, 0.1) is 5.56 Å². The summed E-state index contributed by atoms with van der Waals surface area (Å²) in [7, 11) is 0. The minimum Gasteiger partial charge on any atom is -0.508 e. The molecular weight excluding hydrogens is 532 g/mol. The first-order valence-corrected chi connectivity index (χ1v) is 11.8. The summed E-state index contributed by atoms with van der Waals surface area (Å²) in [5, 5.41) is 88.8. The van der Waals surface area contributed by atoms with E-state index >= 15 is 0 Å². The van der Waals surface area contributed by atoms with Crippen molar-refractivity contribution in [2.75, 3.05) is 6.61 Å².